The summed E-state index contributed by atoms with van der Waals surface area (Å²) in [5.74, 6) is 0.181. The third kappa shape index (κ3) is 4.95. The number of carbonyl (C=O) groups excluding carboxylic acids is 1. The van der Waals surface area contributed by atoms with Crippen LogP contribution >= 0.6 is 11.8 Å². The van der Waals surface area contributed by atoms with E-state index >= 15 is 0 Å². The molecule has 0 aliphatic carbocycles. The monoisotopic (exact) mass is 403 g/mol. The van der Waals surface area contributed by atoms with Gasteiger partial charge in [-0.05, 0) is 36.4 Å². The molecule has 2 aromatic carbocycles. The molecule has 1 aromatic heterocycles. The van der Waals surface area contributed by atoms with Crippen molar-refractivity contribution in [3.63, 3.8) is 0 Å². The molecule has 3 aromatic rings. The number of sulfone groups is 1. The average Bonchev–Trinajstić information content (AvgIpc) is 3.15. The molecular weight excluding hydrogens is 386 g/mol. The van der Waals surface area contributed by atoms with Crippen LogP contribution in [0.1, 0.15) is 6.92 Å². The Morgan fingerprint density at radius 1 is 1.07 bits per heavy atom. The summed E-state index contributed by atoms with van der Waals surface area (Å²) < 4.78 is 29.1. The topological polar surface area (TPSA) is 102 Å². The second-order valence-corrected chi connectivity index (χ2v) is 8.82. The summed E-state index contributed by atoms with van der Waals surface area (Å²) >= 11 is 1.40. The van der Waals surface area contributed by atoms with Gasteiger partial charge in [-0.1, -0.05) is 30.2 Å². The van der Waals surface area contributed by atoms with Crippen molar-refractivity contribution >= 4 is 33.5 Å². The molecule has 3 rings (SSSR count). The first-order valence-corrected chi connectivity index (χ1v) is 10.8. The van der Waals surface area contributed by atoms with Crippen LogP contribution < -0.4 is 5.32 Å². The van der Waals surface area contributed by atoms with E-state index in [1.54, 1.807) is 19.1 Å². The molecule has 0 radical (unpaired) electrons. The van der Waals surface area contributed by atoms with E-state index in [1.807, 2.05) is 30.3 Å². The summed E-state index contributed by atoms with van der Waals surface area (Å²) in [5, 5.41) is 10.2. The largest absolute Gasteiger partial charge is 0.403 e. The lowest BCUT2D eigenvalue weighted by molar-refractivity contribution is -0.113. The van der Waals surface area contributed by atoms with Crippen molar-refractivity contribution in [2.45, 2.75) is 16.7 Å². The maximum atomic E-state index is 12.0. The molecule has 0 atom stereocenters. The average molecular weight is 403 g/mol. The predicted molar refractivity (Wildman–Crippen MR) is 103 cm³/mol. The van der Waals surface area contributed by atoms with Gasteiger partial charge in [-0.25, -0.2) is 8.42 Å². The van der Waals surface area contributed by atoms with Crippen molar-refractivity contribution in [1.82, 2.24) is 10.2 Å². The van der Waals surface area contributed by atoms with E-state index in [4.69, 9.17) is 4.42 Å². The third-order valence-electron chi connectivity index (χ3n) is 3.62. The summed E-state index contributed by atoms with van der Waals surface area (Å²) in [6.07, 6.45) is 0. The summed E-state index contributed by atoms with van der Waals surface area (Å²) in [6, 6.07) is 15.7. The Kier molecular flexibility index (Phi) is 5.92. The normalized spacial score (nSPS) is 11.3. The minimum atomic E-state index is -3.26. The molecule has 0 bridgehead atoms. The zero-order chi connectivity index (χ0) is 19.3. The number of carbonyl (C=O) groups is 1. The zero-order valence-corrected chi connectivity index (χ0v) is 16.1. The van der Waals surface area contributed by atoms with Crippen LogP contribution in [-0.4, -0.2) is 36.0 Å². The standard InChI is InChI=1S/C18H17N3O4S2/c1-2-27(23,24)15-10-8-13(9-11-15)17-20-21-18(25-17)19-16(22)12-26-14-6-4-3-5-7-14/h3-11H,2,12H2,1H3,(H,19,21,22). The van der Waals surface area contributed by atoms with Gasteiger partial charge in [-0.2, -0.15) is 0 Å². The molecular formula is C18H17N3O4S2. The number of amides is 1. The Balaban J connectivity index is 1.62. The van der Waals surface area contributed by atoms with Gasteiger partial charge >= 0.3 is 6.01 Å². The van der Waals surface area contributed by atoms with Crippen molar-refractivity contribution in [3.05, 3.63) is 54.6 Å². The molecule has 0 saturated carbocycles. The number of hydrogen-bond donors (Lipinski definition) is 1. The molecule has 7 nitrogen and oxygen atoms in total. The van der Waals surface area contributed by atoms with E-state index in [-0.39, 0.29) is 34.2 Å². The number of aromatic nitrogens is 2. The van der Waals surface area contributed by atoms with Crippen LogP contribution in [-0.2, 0) is 14.6 Å². The SMILES string of the molecule is CCS(=O)(=O)c1ccc(-c2nnc(NC(=O)CSc3ccccc3)o2)cc1. The molecule has 0 unspecified atom stereocenters. The van der Waals surface area contributed by atoms with Crippen molar-refractivity contribution < 1.29 is 17.6 Å². The Hall–Kier alpha value is -2.65. The first-order chi connectivity index (χ1) is 13.0. The summed E-state index contributed by atoms with van der Waals surface area (Å²) in [4.78, 5) is 13.2. The second-order valence-electron chi connectivity index (χ2n) is 5.49. The van der Waals surface area contributed by atoms with Crippen LogP contribution in [0.2, 0.25) is 0 Å². The Bertz CT molecular complexity index is 1020. The second kappa shape index (κ2) is 8.36. The Morgan fingerprint density at radius 3 is 2.44 bits per heavy atom. The Morgan fingerprint density at radius 2 is 1.78 bits per heavy atom. The van der Waals surface area contributed by atoms with Gasteiger partial charge in [-0.3, -0.25) is 10.1 Å². The zero-order valence-electron chi connectivity index (χ0n) is 14.5. The molecule has 1 N–H and O–H groups in total. The van der Waals surface area contributed by atoms with Crippen LogP contribution in [0, 0.1) is 0 Å². The maximum absolute atomic E-state index is 12.0. The van der Waals surface area contributed by atoms with Gasteiger partial charge in [0.15, 0.2) is 9.84 Å². The fourth-order valence-corrected chi connectivity index (χ4v) is 3.79. The molecule has 27 heavy (non-hydrogen) atoms. The maximum Gasteiger partial charge on any atom is 0.322 e. The van der Waals surface area contributed by atoms with Crippen LogP contribution in [0.15, 0.2) is 68.8 Å². The number of benzene rings is 2. The van der Waals surface area contributed by atoms with E-state index in [0.29, 0.717) is 5.56 Å². The number of anilines is 1. The molecule has 140 valence electrons. The number of nitrogens with zero attached hydrogens (tertiary/aromatic N) is 2. The fourth-order valence-electron chi connectivity index (χ4n) is 2.18. The highest BCUT2D eigenvalue weighted by molar-refractivity contribution is 8.00. The third-order valence-corrected chi connectivity index (χ3v) is 6.39. The number of rotatable bonds is 7. The van der Waals surface area contributed by atoms with Crippen molar-refractivity contribution in [3.8, 4) is 11.5 Å². The van der Waals surface area contributed by atoms with Crippen molar-refractivity contribution in [2.24, 2.45) is 0 Å². The molecule has 1 amide bonds. The highest BCUT2D eigenvalue weighted by Crippen LogP contribution is 2.23. The van der Waals surface area contributed by atoms with E-state index in [9.17, 15) is 13.2 Å². The fraction of sp³-hybridized carbons (Fsp3) is 0.167. The van der Waals surface area contributed by atoms with Gasteiger partial charge in [0.2, 0.25) is 11.8 Å². The lowest BCUT2D eigenvalue weighted by Gasteiger charge is -2.02. The van der Waals surface area contributed by atoms with Gasteiger partial charge < -0.3 is 4.42 Å². The van der Waals surface area contributed by atoms with Crippen LogP contribution in [0.5, 0.6) is 0 Å². The molecule has 0 saturated heterocycles. The summed E-state index contributed by atoms with van der Waals surface area (Å²) in [6.45, 7) is 1.59. The highest BCUT2D eigenvalue weighted by atomic mass is 32.2. The minimum absolute atomic E-state index is 0.00563. The first kappa shape index (κ1) is 19.1. The van der Waals surface area contributed by atoms with Crippen LogP contribution in [0.3, 0.4) is 0 Å². The minimum Gasteiger partial charge on any atom is -0.403 e. The molecule has 1 heterocycles. The quantitative estimate of drug-likeness (QED) is 0.604. The van der Waals surface area contributed by atoms with Crippen LogP contribution in [0.25, 0.3) is 11.5 Å². The number of thioether (sulfide) groups is 1. The van der Waals surface area contributed by atoms with E-state index in [2.05, 4.69) is 15.5 Å². The van der Waals surface area contributed by atoms with Gasteiger partial charge in [0.05, 0.1) is 16.4 Å². The molecule has 0 aliphatic heterocycles. The Labute approximate surface area is 161 Å². The van der Waals surface area contributed by atoms with Gasteiger partial charge in [0.1, 0.15) is 0 Å². The van der Waals surface area contributed by atoms with E-state index in [0.717, 1.165) is 4.90 Å². The van der Waals surface area contributed by atoms with Crippen molar-refractivity contribution in [2.75, 3.05) is 16.8 Å². The summed E-state index contributed by atoms with van der Waals surface area (Å²) in [5.41, 5.74) is 0.566. The number of hydrogen-bond acceptors (Lipinski definition) is 7. The van der Waals surface area contributed by atoms with Gasteiger partial charge in [0, 0.05) is 10.5 Å². The lowest BCUT2D eigenvalue weighted by atomic mass is 10.2. The molecule has 0 aliphatic rings. The van der Waals surface area contributed by atoms with Gasteiger partial charge in [0.25, 0.3) is 0 Å². The summed E-state index contributed by atoms with van der Waals surface area (Å²) in [7, 11) is -3.26. The van der Waals surface area contributed by atoms with E-state index < -0.39 is 9.84 Å². The van der Waals surface area contributed by atoms with Gasteiger partial charge in [-0.15, -0.1) is 16.9 Å². The lowest BCUT2D eigenvalue weighted by Crippen LogP contribution is -2.14. The highest BCUT2D eigenvalue weighted by Gasteiger charge is 2.14. The predicted octanol–water partition coefficient (Wildman–Crippen LogP) is 3.26. The van der Waals surface area contributed by atoms with Crippen LogP contribution in [0.4, 0.5) is 6.01 Å². The first-order valence-electron chi connectivity index (χ1n) is 8.12. The smallest absolute Gasteiger partial charge is 0.322 e. The van der Waals surface area contributed by atoms with E-state index in [1.165, 1.54) is 23.9 Å². The molecule has 0 spiro atoms. The molecule has 9 heteroatoms. The number of nitrogens with one attached hydrogen (secondary N) is 1. The van der Waals surface area contributed by atoms with Crippen molar-refractivity contribution in [1.29, 1.82) is 0 Å². The molecule has 0 fully saturated rings.